The molecule has 4 nitrogen and oxygen atoms in total. The minimum Gasteiger partial charge on any atom is -0.300 e. The second-order valence-electron chi connectivity index (χ2n) is 6.70. The summed E-state index contributed by atoms with van der Waals surface area (Å²) >= 11 is 6.15. The third kappa shape index (κ3) is 2.21. The van der Waals surface area contributed by atoms with Crippen molar-refractivity contribution in [1.29, 1.82) is 0 Å². The van der Waals surface area contributed by atoms with Crippen molar-refractivity contribution in [2.75, 3.05) is 13.1 Å². The molecule has 2 atom stereocenters. The van der Waals surface area contributed by atoms with Crippen LogP contribution in [-0.2, 0) is 0 Å². The van der Waals surface area contributed by atoms with Crippen LogP contribution < -0.4 is 9.91 Å². The fourth-order valence-electron chi connectivity index (χ4n) is 4.17. The highest BCUT2D eigenvalue weighted by molar-refractivity contribution is 6.29. The fraction of sp³-hybridized carbons (Fsp3) is 0.529. The molecule has 5 heteroatoms. The van der Waals surface area contributed by atoms with Gasteiger partial charge in [0.05, 0.1) is 18.8 Å². The van der Waals surface area contributed by atoms with Crippen molar-refractivity contribution in [2.24, 2.45) is 11.0 Å². The summed E-state index contributed by atoms with van der Waals surface area (Å²) in [6.45, 7) is 4.07. The van der Waals surface area contributed by atoms with Crippen molar-refractivity contribution in [2.45, 2.75) is 38.6 Å². The number of allylic oxidation sites excluding steroid dienone is 1. The zero-order valence-electron chi connectivity index (χ0n) is 12.9. The summed E-state index contributed by atoms with van der Waals surface area (Å²) in [5.74, 6) is 0.686. The van der Waals surface area contributed by atoms with E-state index in [1.54, 1.807) is 6.20 Å². The standard InChI is InChI=1S/C17H22ClN4/c1-12-11-22(14-6-7-19-17(18)8-14)16(10-20-12)15(9-21-22)13-4-2-3-5-13/h6-9,12-13,20H,2-5,10-11H2,1H3/q+1. The predicted octanol–water partition coefficient (Wildman–Crippen LogP) is 3.48. The Bertz CT molecular complexity index is 648. The van der Waals surface area contributed by atoms with E-state index in [1.165, 1.54) is 37.0 Å². The van der Waals surface area contributed by atoms with E-state index in [2.05, 4.69) is 29.5 Å². The molecule has 1 N–H and O–H groups in total. The van der Waals surface area contributed by atoms with Crippen LogP contribution in [0.5, 0.6) is 0 Å². The van der Waals surface area contributed by atoms with Gasteiger partial charge < -0.3 is 5.32 Å². The number of fused-ring (bicyclic) bond motifs is 1. The van der Waals surface area contributed by atoms with E-state index < -0.39 is 0 Å². The molecule has 1 saturated heterocycles. The van der Waals surface area contributed by atoms with Gasteiger partial charge in [0, 0.05) is 23.9 Å². The molecule has 0 spiro atoms. The van der Waals surface area contributed by atoms with Gasteiger partial charge in [0.1, 0.15) is 11.7 Å². The first-order valence-corrected chi connectivity index (χ1v) is 8.59. The Morgan fingerprint density at radius 2 is 2.14 bits per heavy atom. The maximum Gasteiger partial charge on any atom is 0.168 e. The number of pyridine rings is 1. The second kappa shape index (κ2) is 5.44. The highest BCUT2D eigenvalue weighted by Crippen LogP contribution is 2.42. The van der Waals surface area contributed by atoms with Crippen LogP contribution in [0.3, 0.4) is 0 Å². The average molecular weight is 318 g/mol. The third-order valence-corrected chi connectivity index (χ3v) is 5.47. The lowest BCUT2D eigenvalue weighted by molar-refractivity contribution is 0.274. The summed E-state index contributed by atoms with van der Waals surface area (Å²) < 4.78 is 0.586. The summed E-state index contributed by atoms with van der Waals surface area (Å²) in [6.07, 6.45) is 9.23. The number of halogens is 1. The Labute approximate surface area is 136 Å². The van der Waals surface area contributed by atoms with Crippen LogP contribution in [0.2, 0.25) is 5.15 Å². The molecule has 1 aromatic heterocycles. The molecule has 2 unspecified atom stereocenters. The van der Waals surface area contributed by atoms with E-state index in [1.807, 2.05) is 6.07 Å². The lowest BCUT2D eigenvalue weighted by Gasteiger charge is -2.38. The minimum absolute atomic E-state index is 0.427. The van der Waals surface area contributed by atoms with Crippen molar-refractivity contribution in [1.82, 2.24) is 14.9 Å². The Balaban J connectivity index is 1.82. The quantitative estimate of drug-likeness (QED) is 0.670. The molecule has 0 bridgehead atoms. The zero-order chi connectivity index (χ0) is 15.2. The number of hydrogen-bond donors (Lipinski definition) is 1. The number of nitrogens with one attached hydrogen (secondary N) is 1. The van der Waals surface area contributed by atoms with E-state index in [0.29, 0.717) is 21.7 Å². The fourth-order valence-corrected chi connectivity index (χ4v) is 4.34. The number of aromatic nitrogens is 1. The van der Waals surface area contributed by atoms with Crippen molar-refractivity contribution in [3.05, 3.63) is 34.8 Å². The summed E-state index contributed by atoms with van der Waals surface area (Å²) in [6, 6.07) is 4.45. The van der Waals surface area contributed by atoms with Crippen LogP contribution >= 0.6 is 11.6 Å². The van der Waals surface area contributed by atoms with Gasteiger partial charge in [-0.25, -0.2) is 4.98 Å². The van der Waals surface area contributed by atoms with Crippen LogP contribution in [-0.4, -0.2) is 30.3 Å². The summed E-state index contributed by atoms with van der Waals surface area (Å²) in [5, 5.41) is 9.14. The Kier molecular flexibility index (Phi) is 3.56. The first-order chi connectivity index (χ1) is 10.7. The minimum atomic E-state index is 0.427. The summed E-state index contributed by atoms with van der Waals surface area (Å²) in [7, 11) is 0. The van der Waals surface area contributed by atoms with Crippen LogP contribution in [0.4, 0.5) is 5.69 Å². The van der Waals surface area contributed by atoms with Crippen LogP contribution in [0.25, 0.3) is 0 Å². The molecule has 3 heterocycles. The van der Waals surface area contributed by atoms with Crippen molar-refractivity contribution in [3.8, 4) is 0 Å². The Morgan fingerprint density at radius 3 is 2.91 bits per heavy atom. The normalized spacial score (nSPS) is 31.8. The monoisotopic (exact) mass is 317 g/mol. The van der Waals surface area contributed by atoms with Gasteiger partial charge in [-0.3, -0.25) is 0 Å². The third-order valence-electron chi connectivity index (χ3n) is 5.26. The summed E-state index contributed by atoms with van der Waals surface area (Å²) in [4.78, 5) is 4.13. The summed E-state index contributed by atoms with van der Waals surface area (Å²) in [5.41, 5.74) is 4.00. The van der Waals surface area contributed by atoms with Crippen molar-refractivity contribution in [3.63, 3.8) is 0 Å². The number of quaternary nitrogens is 1. The molecule has 1 saturated carbocycles. The first-order valence-electron chi connectivity index (χ1n) is 8.22. The molecule has 0 aromatic carbocycles. The van der Waals surface area contributed by atoms with Gasteiger partial charge in [-0.1, -0.05) is 29.5 Å². The van der Waals surface area contributed by atoms with Gasteiger partial charge in [-0.05, 0) is 25.7 Å². The van der Waals surface area contributed by atoms with Crippen molar-refractivity contribution >= 4 is 23.5 Å². The number of piperazine rings is 1. The van der Waals surface area contributed by atoms with E-state index >= 15 is 0 Å². The van der Waals surface area contributed by atoms with Gasteiger partial charge in [0.2, 0.25) is 0 Å². The molecule has 2 fully saturated rings. The SMILES string of the molecule is CC1C[N+]2(c3ccnc(Cl)c3)N=CC(C3CCCC3)=C2CN1. The molecule has 4 rings (SSSR count). The highest BCUT2D eigenvalue weighted by atomic mass is 35.5. The molecule has 22 heavy (non-hydrogen) atoms. The molecule has 0 radical (unpaired) electrons. The van der Waals surface area contributed by atoms with Crippen LogP contribution in [0.15, 0.2) is 34.7 Å². The average Bonchev–Trinajstić information content (AvgIpc) is 3.14. The molecule has 3 aliphatic rings. The van der Waals surface area contributed by atoms with Gasteiger partial charge in [-0.2, -0.15) is 0 Å². The van der Waals surface area contributed by atoms with E-state index in [0.717, 1.165) is 18.8 Å². The van der Waals surface area contributed by atoms with Gasteiger partial charge in [0.25, 0.3) is 0 Å². The first kappa shape index (κ1) is 14.4. The molecule has 116 valence electrons. The number of nitrogens with zero attached hydrogens (tertiary/aromatic N) is 3. The van der Waals surface area contributed by atoms with E-state index in [-0.39, 0.29) is 0 Å². The van der Waals surface area contributed by atoms with E-state index in [9.17, 15) is 0 Å². The lowest BCUT2D eigenvalue weighted by atomic mass is 9.95. The van der Waals surface area contributed by atoms with Gasteiger partial charge in [-0.15, -0.1) is 4.59 Å². The Morgan fingerprint density at radius 1 is 1.32 bits per heavy atom. The van der Waals surface area contributed by atoms with Crippen LogP contribution in [0, 0.1) is 5.92 Å². The lowest BCUT2D eigenvalue weighted by Crippen LogP contribution is -2.57. The maximum absolute atomic E-state index is 6.15. The molecule has 2 aliphatic heterocycles. The largest absolute Gasteiger partial charge is 0.300 e. The number of rotatable bonds is 2. The Hall–Kier alpha value is -1.23. The molecule has 1 aliphatic carbocycles. The number of hydrogen-bond acceptors (Lipinski definition) is 3. The predicted molar refractivity (Wildman–Crippen MR) is 90.8 cm³/mol. The molecule has 1 aromatic rings. The topological polar surface area (TPSA) is 37.3 Å². The maximum atomic E-state index is 6.15. The smallest absolute Gasteiger partial charge is 0.168 e. The second-order valence-corrected chi connectivity index (χ2v) is 7.09. The van der Waals surface area contributed by atoms with Crippen molar-refractivity contribution < 1.29 is 0 Å². The van der Waals surface area contributed by atoms with Gasteiger partial charge in [0.15, 0.2) is 11.4 Å². The molecule has 0 amide bonds. The molecular weight excluding hydrogens is 296 g/mol. The van der Waals surface area contributed by atoms with Crippen LogP contribution in [0.1, 0.15) is 32.6 Å². The highest BCUT2D eigenvalue weighted by Gasteiger charge is 2.47. The van der Waals surface area contributed by atoms with Gasteiger partial charge >= 0.3 is 0 Å². The zero-order valence-corrected chi connectivity index (χ0v) is 13.7. The molecular formula is C17H22ClN4+. The van der Waals surface area contributed by atoms with E-state index in [4.69, 9.17) is 16.7 Å².